The topological polar surface area (TPSA) is 45.7 Å². The molecule has 5 rings (SSSR count). The number of benzene rings is 3. The molecule has 0 saturated carbocycles. The zero-order chi connectivity index (χ0) is 23.3. The van der Waals surface area contributed by atoms with Crippen LogP contribution >= 0.6 is 11.3 Å². The fraction of sp³-hybridized carbons (Fsp3) is 0.259. The third-order valence-corrected chi connectivity index (χ3v) is 7.16. The average molecular weight is 476 g/mol. The number of amides is 1. The van der Waals surface area contributed by atoms with Gasteiger partial charge >= 0.3 is 0 Å². The predicted molar refractivity (Wildman–Crippen MR) is 134 cm³/mol. The summed E-state index contributed by atoms with van der Waals surface area (Å²) >= 11 is 1.35. The Hall–Kier alpha value is -3.13. The monoisotopic (exact) mass is 475 g/mol. The summed E-state index contributed by atoms with van der Waals surface area (Å²) in [6, 6.07) is 24.5. The largest absolute Gasteiger partial charge is 0.379 e. The first kappa shape index (κ1) is 22.7. The molecule has 1 aliphatic heterocycles. The molecule has 1 amide bonds. The van der Waals surface area contributed by atoms with E-state index >= 15 is 0 Å². The van der Waals surface area contributed by atoms with Gasteiger partial charge in [-0.15, -0.1) is 0 Å². The Balaban J connectivity index is 1.54. The number of hydrogen-bond acceptors (Lipinski definition) is 5. The smallest absolute Gasteiger partial charge is 0.240 e. The van der Waals surface area contributed by atoms with Gasteiger partial charge in [0.05, 0.1) is 23.8 Å². The Bertz CT molecular complexity index is 1200. The molecule has 34 heavy (non-hydrogen) atoms. The molecule has 4 aromatic rings. The molecule has 0 aliphatic carbocycles. The lowest BCUT2D eigenvalue weighted by Crippen LogP contribution is -2.44. The molecule has 0 spiro atoms. The van der Waals surface area contributed by atoms with Crippen molar-refractivity contribution in [2.45, 2.75) is 5.92 Å². The standard InChI is InChI=1S/C27H26FN3O2S/c28-22-12-7-13-23-25(22)29-27(34-23)31(15-14-30-16-18-33-19-17-30)26(32)24(20-8-3-1-4-9-20)21-10-5-2-6-11-21/h1-13,24H,14-19H2. The van der Waals surface area contributed by atoms with E-state index in [9.17, 15) is 9.18 Å². The highest BCUT2D eigenvalue weighted by atomic mass is 32.1. The minimum absolute atomic E-state index is 0.0647. The molecule has 5 nitrogen and oxygen atoms in total. The zero-order valence-electron chi connectivity index (χ0n) is 18.8. The molecule has 1 fully saturated rings. The van der Waals surface area contributed by atoms with Gasteiger partial charge in [0.1, 0.15) is 11.3 Å². The van der Waals surface area contributed by atoms with Crippen molar-refractivity contribution in [1.29, 1.82) is 0 Å². The molecule has 1 aliphatic rings. The molecule has 174 valence electrons. The van der Waals surface area contributed by atoms with E-state index < -0.39 is 5.92 Å². The summed E-state index contributed by atoms with van der Waals surface area (Å²) in [6.07, 6.45) is 0. The number of anilines is 1. The highest BCUT2D eigenvalue weighted by molar-refractivity contribution is 7.22. The van der Waals surface area contributed by atoms with Gasteiger partial charge in [-0.2, -0.15) is 0 Å². The van der Waals surface area contributed by atoms with Crippen LogP contribution in [0.1, 0.15) is 17.0 Å². The number of halogens is 1. The predicted octanol–water partition coefficient (Wildman–Crippen LogP) is 4.93. The number of nitrogens with zero attached hydrogens (tertiary/aromatic N) is 3. The highest BCUT2D eigenvalue weighted by Crippen LogP contribution is 2.34. The van der Waals surface area contributed by atoms with E-state index in [1.807, 2.05) is 66.7 Å². The lowest BCUT2D eigenvalue weighted by atomic mass is 9.90. The summed E-state index contributed by atoms with van der Waals surface area (Å²) in [6.45, 7) is 4.21. The van der Waals surface area contributed by atoms with Crippen LogP contribution in [0.5, 0.6) is 0 Å². The molecular weight excluding hydrogens is 449 g/mol. The number of carbonyl (C=O) groups is 1. The molecule has 0 unspecified atom stereocenters. The Kier molecular flexibility index (Phi) is 6.94. The van der Waals surface area contributed by atoms with Crippen molar-refractivity contribution in [3.63, 3.8) is 0 Å². The van der Waals surface area contributed by atoms with Crippen LogP contribution in [0.2, 0.25) is 0 Å². The Morgan fingerprint density at radius 3 is 2.24 bits per heavy atom. The van der Waals surface area contributed by atoms with Crippen LogP contribution < -0.4 is 4.90 Å². The van der Waals surface area contributed by atoms with Gasteiger partial charge in [-0.25, -0.2) is 9.37 Å². The van der Waals surface area contributed by atoms with Crippen molar-refractivity contribution in [2.24, 2.45) is 0 Å². The molecule has 2 heterocycles. The van der Waals surface area contributed by atoms with Crippen molar-refractivity contribution in [1.82, 2.24) is 9.88 Å². The molecular formula is C27H26FN3O2S. The van der Waals surface area contributed by atoms with Crippen LogP contribution in [0, 0.1) is 5.82 Å². The molecule has 0 bridgehead atoms. The fourth-order valence-electron chi connectivity index (χ4n) is 4.31. The lowest BCUT2D eigenvalue weighted by molar-refractivity contribution is -0.119. The molecule has 1 aromatic heterocycles. The van der Waals surface area contributed by atoms with E-state index in [0.29, 0.717) is 37.0 Å². The van der Waals surface area contributed by atoms with E-state index in [0.717, 1.165) is 28.9 Å². The number of hydrogen-bond donors (Lipinski definition) is 0. The number of rotatable bonds is 7. The van der Waals surface area contributed by atoms with Gasteiger partial charge in [0.2, 0.25) is 5.91 Å². The first-order valence-electron chi connectivity index (χ1n) is 11.5. The molecule has 7 heteroatoms. The first-order valence-corrected chi connectivity index (χ1v) is 12.3. The summed E-state index contributed by atoms with van der Waals surface area (Å²) in [5, 5.41) is 0.523. The summed E-state index contributed by atoms with van der Waals surface area (Å²) in [7, 11) is 0. The van der Waals surface area contributed by atoms with Crippen LogP contribution in [-0.4, -0.2) is 55.2 Å². The van der Waals surface area contributed by atoms with Crippen molar-refractivity contribution in [2.75, 3.05) is 44.3 Å². The SMILES string of the molecule is O=C(C(c1ccccc1)c1ccccc1)N(CCN1CCOCC1)c1nc2c(F)cccc2s1. The van der Waals surface area contributed by atoms with E-state index in [1.165, 1.54) is 17.4 Å². The lowest BCUT2D eigenvalue weighted by Gasteiger charge is -2.31. The van der Waals surface area contributed by atoms with Crippen LogP contribution in [0.3, 0.4) is 0 Å². The van der Waals surface area contributed by atoms with E-state index in [-0.39, 0.29) is 11.7 Å². The van der Waals surface area contributed by atoms with Gasteiger partial charge in [0.15, 0.2) is 5.13 Å². The molecule has 0 atom stereocenters. The van der Waals surface area contributed by atoms with Gasteiger partial charge in [-0.3, -0.25) is 14.6 Å². The Morgan fingerprint density at radius 1 is 0.971 bits per heavy atom. The van der Waals surface area contributed by atoms with Gasteiger partial charge in [-0.05, 0) is 23.3 Å². The third-order valence-electron chi connectivity index (χ3n) is 6.11. The normalized spacial score (nSPS) is 14.5. The van der Waals surface area contributed by atoms with Crippen LogP contribution in [0.15, 0.2) is 78.9 Å². The maximum atomic E-state index is 14.4. The van der Waals surface area contributed by atoms with E-state index in [2.05, 4.69) is 9.88 Å². The summed E-state index contributed by atoms with van der Waals surface area (Å²) in [5.41, 5.74) is 2.15. The van der Waals surface area contributed by atoms with Crippen LogP contribution in [0.4, 0.5) is 9.52 Å². The number of ether oxygens (including phenoxy) is 1. The summed E-state index contributed by atoms with van der Waals surface area (Å²) in [5.74, 6) is -0.919. The number of morpholine rings is 1. The minimum Gasteiger partial charge on any atom is -0.379 e. The summed E-state index contributed by atoms with van der Waals surface area (Å²) in [4.78, 5) is 22.8. The van der Waals surface area contributed by atoms with E-state index in [4.69, 9.17) is 4.74 Å². The number of carbonyl (C=O) groups excluding carboxylic acids is 1. The quantitative estimate of drug-likeness (QED) is 0.380. The molecule has 3 aromatic carbocycles. The number of thiazole rings is 1. The average Bonchev–Trinajstić information content (AvgIpc) is 3.32. The second-order valence-electron chi connectivity index (χ2n) is 8.28. The summed E-state index contributed by atoms with van der Waals surface area (Å²) < 4.78 is 20.7. The third kappa shape index (κ3) is 4.87. The van der Waals surface area contributed by atoms with Crippen LogP contribution in [-0.2, 0) is 9.53 Å². The maximum Gasteiger partial charge on any atom is 0.240 e. The number of para-hydroxylation sites is 1. The van der Waals surface area contributed by atoms with Crippen molar-refractivity contribution in [3.8, 4) is 0 Å². The maximum absolute atomic E-state index is 14.4. The molecule has 0 radical (unpaired) electrons. The van der Waals surface area contributed by atoms with E-state index in [1.54, 1.807) is 11.0 Å². The second kappa shape index (κ2) is 10.4. The van der Waals surface area contributed by atoms with Crippen molar-refractivity contribution < 1.29 is 13.9 Å². The van der Waals surface area contributed by atoms with Gasteiger partial charge in [0.25, 0.3) is 0 Å². The van der Waals surface area contributed by atoms with Crippen molar-refractivity contribution in [3.05, 3.63) is 95.8 Å². The minimum atomic E-state index is -0.482. The van der Waals surface area contributed by atoms with Crippen LogP contribution in [0.25, 0.3) is 10.2 Å². The molecule has 0 N–H and O–H groups in total. The van der Waals surface area contributed by atoms with Gasteiger partial charge < -0.3 is 4.74 Å². The molecule has 1 saturated heterocycles. The van der Waals surface area contributed by atoms with Crippen molar-refractivity contribution >= 4 is 32.6 Å². The fourth-order valence-corrected chi connectivity index (χ4v) is 5.32. The van der Waals surface area contributed by atoms with Gasteiger partial charge in [-0.1, -0.05) is 78.1 Å². The number of aromatic nitrogens is 1. The van der Waals surface area contributed by atoms with Gasteiger partial charge in [0, 0.05) is 26.2 Å². The highest BCUT2D eigenvalue weighted by Gasteiger charge is 2.31. The second-order valence-corrected chi connectivity index (χ2v) is 9.29. The Labute approximate surface area is 202 Å². The number of fused-ring (bicyclic) bond motifs is 1. The first-order chi connectivity index (χ1) is 16.7. The zero-order valence-corrected chi connectivity index (χ0v) is 19.6. The Morgan fingerprint density at radius 2 is 1.62 bits per heavy atom.